The van der Waals surface area contributed by atoms with Gasteiger partial charge in [0.1, 0.15) is 5.75 Å². The maximum absolute atomic E-state index is 10.5. The van der Waals surface area contributed by atoms with Crippen molar-refractivity contribution < 1.29 is 9.84 Å². The van der Waals surface area contributed by atoms with Gasteiger partial charge in [0.15, 0.2) is 0 Å². The first-order chi connectivity index (χ1) is 8.93. The summed E-state index contributed by atoms with van der Waals surface area (Å²) < 4.78 is 5.14. The summed E-state index contributed by atoms with van der Waals surface area (Å²) in [7, 11) is 9.77. The Morgan fingerprint density at radius 2 is 1.45 bits per heavy atom. The van der Waals surface area contributed by atoms with Crippen molar-refractivity contribution in [3.63, 3.8) is 0 Å². The van der Waals surface area contributed by atoms with Crippen LogP contribution < -0.4 is 4.74 Å². The molecular weight excluding hydrogens is 276 g/mol. The van der Waals surface area contributed by atoms with Gasteiger partial charge in [0.25, 0.3) is 0 Å². The van der Waals surface area contributed by atoms with E-state index in [4.69, 9.17) is 4.74 Å². The standard InChI is InChI=1S/C15H26N2O2.ClH/c1-16(2)10-13(11-17(3)4)15(18)12-6-8-14(19-5)9-7-12;/h6-9,13,15,18H,10-11H2,1-5H3;1H. The van der Waals surface area contributed by atoms with E-state index < -0.39 is 6.10 Å². The summed E-state index contributed by atoms with van der Waals surface area (Å²) in [6.45, 7) is 1.71. The Kier molecular flexibility index (Phi) is 8.81. The van der Waals surface area contributed by atoms with E-state index in [0.717, 1.165) is 24.4 Å². The molecule has 4 nitrogen and oxygen atoms in total. The third kappa shape index (κ3) is 6.09. The fourth-order valence-electron chi connectivity index (χ4n) is 2.27. The Morgan fingerprint density at radius 1 is 1.00 bits per heavy atom. The predicted octanol–water partition coefficient (Wildman–Crippen LogP) is 1.89. The zero-order valence-corrected chi connectivity index (χ0v) is 13.9. The molecule has 20 heavy (non-hydrogen) atoms. The molecule has 0 radical (unpaired) electrons. The smallest absolute Gasteiger partial charge is 0.118 e. The van der Waals surface area contributed by atoms with E-state index in [-0.39, 0.29) is 18.3 Å². The number of benzene rings is 1. The molecule has 0 aromatic heterocycles. The minimum absolute atomic E-state index is 0. The molecule has 1 aromatic carbocycles. The molecule has 0 amide bonds. The highest BCUT2D eigenvalue weighted by molar-refractivity contribution is 5.85. The molecule has 0 saturated carbocycles. The number of hydrogen-bond donors (Lipinski definition) is 1. The third-order valence-electron chi connectivity index (χ3n) is 3.10. The lowest BCUT2D eigenvalue weighted by Gasteiger charge is -2.28. The topological polar surface area (TPSA) is 35.9 Å². The lowest BCUT2D eigenvalue weighted by molar-refractivity contribution is 0.0735. The number of rotatable bonds is 7. The van der Waals surface area contributed by atoms with Gasteiger partial charge in [0.2, 0.25) is 0 Å². The number of aliphatic hydroxyl groups is 1. The number of aliphatic hydroxyl groups excluding tert-OH is 1. The van der Waals surface area contributed by atoms with Gasteiger partial charge in [-0.1, -0.05) is 12.1 Å². The van der Waals surface area contributed by atoms with Crippen molar-refractivity contribution in [2.45, 2.75) is 6.10 Å². The second-order valence-corrected chi connectivity index (χ2v) is 5.50. The lowest BCUT2D eigenvalue weighted by atomic mass is 9.94. The van der Waals surface area contributed by atoms with Gasteiger partial charge in [-0.15, -0.1) is 12.4 Å². The first kappa shape index (κ1) is 19.2. The molecule has 0 saturated heterocycles. The Morgan fingerprint density at radius 3 is 1.80 bits per heavy atom. The van der Waals surface area contributed by atoms with Gasteiger partial charge in [-0.3, -0.25) is 0 Å². The highest BCUT2D eigenvalue weighted by atomic mass is 35.5. The van der Waals surface area contributed by atoms with E-state index in [0.29, 0.717) is 0 Å². The highest BCUT2D eigenvalue weighted by Crippen LogP contribution is 2.25. The quantitative estimate of drug-likeness (QED) is 0.834. The fraction of sp³-hybridized carbons (Fsp3) is 0.600. The van der Waals surface area contributed by atoms with Crippen LogP contribution >= 0.6 is 12.4 Å². The van der Waals surface area contributed by atoms with E-state index >= 15 is 0 Å². The van der Waals surface area contributed by atoms with Crippen LogP contribution in [0.3, 0.4) is 0 Å². The summed E-state index contributed by atoms with van der Waals surface area (Å²) in [5.74, 6) is 0.992. The maximum atomic E-state index is 10.5. The zero-order valence-electron chi connectivity index (χ0n) is 13.0. The summed E-state index contributed by atoms with van der Waals surface area (Å²) in [6.07, 6.45) is -0.462. The van der Waals surface area contributed by atoms with Crippen LogP contribution in [0.5, 0.6) is 5.75 Å². The van der Waals surface area contributed by atoms with Gasteiger partial charge >= 0.3 is 0 Å². The first-order valence-corrected chi connectivity index (χ1v) is 6.55. The lowest BCUT2D eigenvalue weighted by Crippen LogP contribution is -2.34. The van der Waals surface area contributed by atoms with Crippen molar-refractivity contribution in [2.24, 2.45) is 5.92 Å². The number of ether oxygens (including phenoxy) is 1. The molecule has 0 aliphatic rings. The minimum atomic E-state index is -0.462. The maximum Gasteiger partial charge on any atom is 0.118 e. The van der Waals surface area contributed by atoms with Crippen LogP contribution in [0.25, 0.3) is 0 Å². The molecule has 0 bridgehead atoms. The Balaban J connectivity index is 0.00000361. The SMILES string of the molecule is COc1ccc(C(O)C(CN(C)C)CN(C)C)cc1.Cl. The largest absolute Gasteiger partial charge is 0.497 e. The van der Waals surface area contributed by atoms with E-state index in [9.17, 15) is 5.11 Å². The molecule has 1 atom stereocenters. The third-order valence-corrected chi connectivity index (χ3v) is 3.10. The summed E-state index contributed by atoms with van der Waals surface area (Å²) in [5.41, 5.74) is 0.939. The summed E-state index contributed by atoms with van der Waals surface area (Å²) in [5, 5.41) is 10.5. The average Bonchev–Trinajstić information content (AvgIpc) is 2.36. The van der Waals surface area contributed by atoms with Crippen LogP contribution in [0.15, 0.2) is 24.3 Å². The first-order valence-electron chi connectivity index (χ1n) is 6.55. The normalized spacial score (nSPS) is 12.7. The molecule has 0 fully saturated rings. The molecule has 0 heterocycles. The Labute approximate surface area is 128 Å². The van der Waals surface area contributed by atoms with Crippen molar-refractivity contribution in [2.75, 3.05) is 48.4 Å². The van der Waals surface area contributed by atoms with E-state index in [1.807, 2.05) is 52.5 Å². The van der Waals surface area contributed by atoms with Crippen molar-refractivity contribution in [1.29, 1.82) is 0 Å². The molecule has 1 unspecified atom stereocenters. The molecule has 1 aromatic rings. The van der Waals surface area contributed by atoms with Gasteiger partial charge < -0.3 is 19.6 Å². The van der Waals surface area contributed by atoms with Crippen molar-refractivity contribution in [1.82, 2.24) is 9.80 Å². The molecule has 116 valence electrons. The summed E-state index contributed by atoms with van der Waals surface area (Å²) in [6, 6.07) is 7.64. The molecule has 5 heteroatoms. The molecule has 1 rings (SSSR count). The fourth-order valence-corrected chi connectivity index (χ4v) is 2.27. The van der Waals surface area contributed by atoms with Crippen molar-refractivity contribution >= 4 is 12.4 Å². The summed E-state index contributed by atoms with van der Waals surface area (Å²) >= 11 is 0. The van der Waals surface area contributed by atoms with Crippen LogP contribution in [0, 0.1) is 5.92 Å². The van der Waals surface area contributed by atoms with Gasteiger partial charge in [0.05, 0.1) is 13.2 Å². The molecule has 1 N–H and O–H groups in total. The Bertz CT molecular complexity index is 359. The highest BCUT2D eigenvalue weighted by Gasteiger charge is 2.22. The molecule has 0 aliphatic carbocycles. The van der Waals surface area contributed by atoms with Crippen LogP contribution in [0.1, 0.15) is 11.7 Å². The van der Waals surface area contributed by atoms with Gasteiger partial charge in [0, 0.05) is 19.0 Å². The molecule has 0 aliphatic heterocycles. The summed E-state index contributed by atoms with van der Waals surface area (Å²) in [4.78, 5) is 4.22. The van der Waals surface area contributed by atoms with E-state index in [2.05, 4.69) is 9.80 Å². The molecule has 0 spiro atoms. The second kappa shape index (κ2) is 9.19. The van der Waals surface area contributed by atoms with Gasteiger partial charge in [-0.05, 0) is 45.9 Å². The minimum Gasteiger partial charge on any atom is -0.497 e. The number of methoxy groups -OCH3 is 1. The van der Waals surface area contributed by atoms with E-state index in [1.165, 1.54) is 0 Å². The van der Waals surface area contributed by atoms with Crippen LogP contribution in [-0.4, -0.2) is 63.3 Å². The zero-order chi connectivity index (χ0) is 14.4. The van der Waals surface area contributed by atoms with Crippen LogP contribution in [0.4, 0.5) is 0 Å². The number of hydrogen-bond acceptors (Lipinski definition) is 4. The number of nitrogens with zero attached hydrogens (tertiary/aromatic N) is 2. The van der Waals surface area contributed by atoms with Crippen molar-refractivity contribution in [3.8, 4) is 5.75 Å². The molecular formula is C15H27ClN2O2. The average molecular weight is 303 g/mol. The van der Waals surface area contributed by atoms with E-state index in [1.54, 1.807) is 7.11 Å². The van der Waals surface area contributed by atoms with Crippen molar-refractivity contribution in [3.05, 3.63) is 29.8 Å². The number of halogens is 1. The van der Waals surface area contributed by atoms with Crippen LogP contribution in [-0.2, 0) is 0 Å². The van der Waals surface area contributed by atoms with Gasteiger partial charge in [-0.25, -0.2) is 0 Å². The predicted molar refractivity (Wildman–Crippen MR) is 85.8 cm³/mol. The second-order valence-electron chi connectivity index (χ2n) is 5.50. The van der Waals surface area contributed by atoms with Crippen LogP contribution in [0.2, 0.25) is 0 Å². The van der Waals surface area contributed by atoms with Gasteiger partial charge in [-0.2, -0.15) is 0 Å². The Hall–Kier alpha value is -0.810. The monoisotopic (exact) mass is 302 g/mol.